The predicted octanol–water partition coefficient (Wildman–Crippen LogP) is 2.19. The van der Waals surface area contributed by atoms with Crippen molar-refractivity contribution in [3.63, 3.8) is 0 Å². The standard InChI is InChI=1S/C18H24N4O3/c1-4-24-14-9-7-13(8-10-14)17-19-16(25-20-17)12-22-11-5-6-15(22)18(23)21(2)3/h7-10,15H,4-6,11-12H2,1-3H3. The number of nitrogens with zero attached hydrogens (tertiary/aromatic N) is 4. The van der Waals surface area contributed by atoms with Gasteiger partial charge in [0, 0.05) is 19.7 Å². The molecule has 1 atom stereocenters. The highest BCUT2D eigenvalue weighted by atomic mass is 16.5. The fraction of sp³-hybridized carbons (Fsp3) is 0.500. The van der Waals surface area contributed by atoms with Crippen molar-refractivity contribution < 1.29 is 14.1 Å². The number of benzene rings is 1. The van der Waals surface area contributed by atoms with Crippen LogP contribution in [0.15, 0.2) is 28.8 Å². The summed E-state index contributed by atoms with van der Waals surface area (Å²) in [7, 11) is 3.57. The summed E-state index contributed by atoms with van der Waals surface area (Å²) in [5.41, 5.74) is 0.876. The van der Waals surface area contributed by atoms with Crippen LogP contribution in [-0.2, 0) is 11.3 Å². The monoisotopic (exact) mass is 344 g/mol. The third-order valence-corrected chi connectivity index (χ3v) is 4.32. The average molecular weight is 344 g/mol. The van der Waals surface area contributed by atoms with Crippen molar-refractivity contribution in [1.82, 2.24) is 19.9 Å². The highest BCUT2D eigenvalue weighted by Gasteiger charge is 2.32. The third-order valence-electron chi connectivity index (χ3n) is 4.32. The van der Waals surface area contributed by atoms with Crippen molar-refractivity contribution in [1.29, 1.82) is 0 Å². The maximum absolute atomic E-state index is 12.3. The Balaban J connectivity index is 1.68. The number of ether oxygens (including phenoxy) is 1. The molecule has 0 aliphatic carbocycles. The first kappa shape index (κ1) is 17.4. The Morgan fingerprint density at radius 3 is 2.80 bits per heavy atom. The lowest BCUT2D eigenvalue weighted by molar-refractivity contribution is -0.133. The minimum atomic E-state index is -0.101. The first-order valence-electron chi connectivity index (χ1n) is 8.59. The maximum atomic E-state index is 12.3. The van der Waals surface area contributed by atoms with E-state index in [-0.39, 0.29) is 11.9 Å². The summed E-state index contributed by atoms with van der Waals surface area (Å²) < 4.78 is 10.8. The quantitative estimate of drug-likeness (QED) is 0.800. The van der Waals surface area contributed by atoms with Crippen LogP contribution in [0, 0.1) is 0 Å². The average Bonchev–Trinajstić information content (AvgIpc) is 3.25. The van der Waals surface area contributed by atoms with Gasteiger partial charge < -0.3 is 14.2 Å². The van der Waals surface area contributed by atoms with Gasteiger partial charge in [0.25, 0.3) is 0 Å². The number of carbonyl (C=O) groups excluding carboxylic acids is 1. The topological polar surface area (TPSA) is 71.7 Å². The maximum Gasteiger partial charge on any atom is 0.241 e. The number of amides is 1. The summed E-state index contributed by atoms with van der Waals surface area (Å²) in [4.78, 5) is 20.5. The minimum Gasteiger partial charge on any atom is -0.494 e. The van der Waals surface area contributed by atoms with Crippen LogP contribution >= 0.6 is 0 Å². The van der Waals surface area contributed by atoms with Crippen LogP contribution in [0.4, 0.5) is 0 Å². The zero-order valence-electron chi connectivity index (χ0n) is 14.9. The number of hydrogen-bond donors (Lipinski definition) is 0. The second-order valence-corrected chi connectivity index (χ2v) is 6.33. The highest BCUT2D eigenvalue weighted by molar-refractivity contribution is 5.81. The molecule has 0 N–H and O–H groups in total. The first-order chi connectivity index (χ1) is 12.1. The molecule has 7 heteroatoms. The van der Waals surface area contributed by atoms with Crippen LogP contribution in [0.1, 0.15) is 25.7 Å². The summed E-state index contributed by atoms with van der Waals surface area (Å²) in [5.74, 6) is 2.02. The van der Waals surface area contributed by atoms with Gasteiger partial charge in [-0.15, -0.1) is 0 Å². The minimum absolute atomic E-state index is 0.101. The van der Waals surface area contributed by atoms with E-state index in [1.54, 1.807) is 19.0 Å². The van der Waals surface area contributed by atoms with Crippen molar-refractivity contribution in [3.8, 4) is 17.1 Å². The molecule has 7 nitrogen and oxygen atoms in total. The van der Waals surface area contributed by atoms with Gasteiger partial charge >= 0.3 is 0 Å². The Hall–Kier alpha value is -2.41. The lowest BCUT2D eigenvalue weighted by atomic mass is 10.2. The molecule has 0 radical (unpaired) electrons. The second kappa shape index (κ2) is 7.65. The van der Waals surface area contributed by atoms with E-state index in [1.165, 1.54) is 0 Å². The number of likely N-dealkylation sites (tertiary alicyclic amines) is 1. The van der Waals surface area contributed by atoms with E-state index in [0.29, 0.717) is 24.9 Å². The van der Waals surface area contributed by atoms with Gasteiger partial charge in [0.1, 0.15) is 5.75 Å². The number of carbonyl (C=O) groups is 1. The fourth-order valence-electron chi connectivity index (χ4n) is 3.07. The van der Waals surface area contributed by atoms with E-state index >= 15 is 0 Å². The van der Waals surface area contributed by atoms with Crippen LogP contribution in [0.5, 0.6) is 5.75 Å². The number of aromatic nitrogens is 2. The van der Waals surface area contributed by atoms with Gasteiger partial charge in [-0.1, -0.05) is 5.16 Å². The summed E-state index contributed by atoms with van der Waals surface area (Å²) in [6, 6.07) is 7.50. The molecule has 1 saturated heterocycles. The molecule has 0 bridgehead atoms. The molecule has 1 amide bonds. The summed E-state index contributed by atoms with van der Waals surface area (Å²) in [6.45, 7) is 3.94. The lowest BCUT2D eigenvalue weighted by Crippen LogP contribution is -2.42. The largest absolute Gasteiger partial charge is 0.494 e. The molecule has 2 heterocycles. The summed E-state index contributed by atoms with van der Waals surface area (Å²) in [5, 5.41) is 4.06. The predicted molar refractivity (Wildman–Crippen MR) is 93.0 cm³/mol. The molecule has 2 aromatic rings. The van der Waals surface area contributed by atoms with Crippen molar-refractivity contribution >= 4 is 5.91 Å². The van der Waals surface area contributed by atoms with Gasteiger partial charge in [0.05, 0.1) is 19.2 Å². The Morgan fingerprint density at radius 2 is 2.12 bits per heavy atom. The van der Waals surface area contributed by atoms with Crippen LogP contribution in [0.3, 0.4) is 0 Å². The van der Waals surface area contributed by atoms with E-state index in [1.807, 2.05) is 31.2 Å². The molecule has 25 heavy (non-hydrogen) atoms. The number of likely N-dealkylation sites (N-methyl/N-ethyl adjacent to an activating group) is 1. The Bertz CT molecular complexity index is 711. The normalized spacial score (nSPS) is 17.6. The van der Waals surface area contributed by atoms with Crippen LogP contribution < -0.4 is 4.74 Å². The molecule has 1 aliphatic heterocycles. The lowest BCUT2D eigenvalue weighted by Gasteiger charge is -2.24. The zero-order chi connectivity index (χ0) is 17.8. The van der Waals surface area contributed by atoms with Crippen molar-refractivity contribution in [2.75, 3.05) is 27.2 Å². The van der Waals surface area contributed by atoms with Crippen LogP contribution in [-0.4, -0.2) is 59.1 Å². The number of hydrogen-bond acceptors (Lipinski definition) is 6. The zero-order valence-corrected chi connectivity index (χ0v) is 14.9. The van der Waals surface area contributed by atoms with Gasteiger partial charge in [0.2, 0.25) is 17.6 Å². The van der Waals surface area contributed by atoms with E-state index in [2.05, 4.69) is 15.0 Å². The molecule has 0 spiro atoms. The molecule has 1 aromatic heterocycles. The molecular weight excluding hydrogens is 320 g/mol. The molecule has 1 fully saturated rings. The van der Waals surface area contributed by atoms with Crippen LogP contribution in [0.25, 0.3) is 11.4 Å². The summed E-state index contributed by atoms with van der Waals surface area (Å²) >= 11 is 0. The Kier molecular flexibility index (Phi) is 5.33. The molecule has 3 rings (SSSR count). The van der Waals surface area contributed by atoms with Gasteiger partial charge in [0.15, 0.2) is 0 Å². The van der Waals surface area contributed by atoms with E-state index in [0.717, 1.165) is 30.7 Å². The van der Waals surface area contributed by atoms with Gasteiger partial charge in [-0.25, -0.2) is 0 Å². The van der Waals surface area contributed by atoms with Gasteiger partial charge in [-0.3, -0.25) is 9.69 Å². The second-order valence-electron chi connectivity index (χ2n) is 6.33. The highest BCUT2D eigenvalue weighted by Crippen LogP contribution is 2.23. The molecule has 1 aliphatic rings. The Morgan fingerprint density at radius 1 is 1.36 bits per heavy atom. The van der Waals surface area contributed by atoms with Gasteiger partial charge in [-0.05, 0) is 50.6 Å². The smallest absolute Gasteiger partial charge is 0.241 e. The molecule has 1 unspecified atom stereocenters. The van der Waals surface area contributed by atoms with Crippen molar-refractivity contribution in [2.24, 2.45) is 0 Å². The van der Waals surface area contributed by atoms with Crippen molar-refractivity contribution in [3.05, 3.63) is 30.2 Å². The van der Waals surface area contributed by atoms with E-state index in [4.69, 9.17) is 9.26 Å². The van der Waals surface area contributed by atoms with Crippen molar-refractivity contribution in [2.45, 2.75) is 32.4 Å². The molecule has 134 valence electrons. The molecule has 0 saturated carbocycles. The van der Waals surface area contributed by atoms with E-state index < -0.39 is 0 Å². The SMILES string of the molecule is CCOc1ccc(-c2noc(CN3CCCC3C(=O)N(C)C)n2)cc1. The molecule has 1 aromatic carbocycles. The summed E-state index contributed by atoms with van der Waals surface area (Å²) in [6.07, 6.45) is 1.88. The Labute approximate surface area is 147 Å². The molecular formula is C18H24N4O3. The van der Waals surface area contributed by atoms with Crippen LogP contribution in [0.2, 0.25) is 0 Å². The first-order valence-corrected chi connectivity index (χ1v) is 8.59. The number of rotatable bonds is 6. The third kappa shape index (κ3) is 3.99. The fourth-order valence-corrected chi connectivity index (χ4v) is 3.07. The van der Waals surface area contributed by atoms with E-state index in [9.17, 15) is 4.79 Å². The van der Waals surface area contributed by atoms with Gasteiger partial charge in [-0.2, -0.15) is 4.98 Å².